The fourth-order valence-electron chi connectivity index (χ4n) is 4.93. The molecule has 0 bridgehead atoms. The Hall–Kier alpha value is -1.30. The van der Waals surface area contributed by atoms with Gasteiger partial charge in [0.15, 0.2) is 0 Å². The molecule has 0 N–H and O–H groups in total. The average molecular weight is 280 g/mol. The minimum atomic E-state index is 0.287. The highest BCUT2D eigenvalue weighted by molar-refractivity contribution is 5.43. The Labute approximate surface area is 130 Å². The monoisotopic (exact) mass is 280 g/mol. The Kier molecular flexibility index (Phi) is 3.82. The van der Waals surface area contributed by atoms with Crippen molar-refractivity contribution < 1.29 is 0 Å². The Balaban J connectivity index is 2.13. The molecule has 0 amide bonds. The molecular formula is C21H28. The lowest BCUT2D eigenvalue weighted by Gasteiger charge is -2.52. The van der Waals surface area contributed by atoms with Crippen LogP contribution in [0.15, 0.2) is 59.8 Å². The van der Waals surface area contributed by atoms with Gasteiger partial charge in [0.1, 0.15) is 0 Å². The van der Waals surface area contributed by atoms with Crippen LogP contribution in [0.5, 0.6) is 0 Å². The number of hydrogen-bond donors (Lipinski definition) is 0. The minimum Gasteiger partial charge on any atom is -0.0991 e. The molecule has 0 radical (unpaired) electrons. The van der Waals surface area contributed by atoms with Crippen LogP contribution in [0.4, 0.5) is 0 Å². The van der Waals surface area contributed by atoms with E-state index in [1.807, 2.05) is 6.08 Å². The summed E-state index contributed by atoms with van der Waals surface area (Å²) in [7, 11) is 0. The van der Waals surface area contributed by atoms with Gasteiger partial charge in [0, 0.05) is 0 Å². The third-order valence-corrected chi connectivity index (χ3v) is 6.03. The summed E-state index contributed by atoms with van der Waals surface area (Å²) in [6.45, 7) is 11.1. The molecule has 3 rings (SSSR count). The zero-order valence-electron chi connectivity index (χ0n) is 13.7. The first kappa shape index (κ1) is 14.6. The van der Waals surface area contributed by atoms with Gasteiger partial charge in [0.25, 0.3) is 0 Å². The van der Waals surface area contributed by atoms with Crippen LogP contribution in [0.1, 0.15) is 46.5 Å². The van der Waals surface area contributed by atoms with Crippen molar-refractivity contribution in [3.63, 3.8) is 0 Å². The third kappa shape index (κ3) is 2.29. The zero-order valence-corrected chi connectivity index (χ0v) is 13.7. The number of fused-ring (bicyclic) bond motifs is 2. The summed E-state index contributed by atoms with van der Waals surface area (Å²) < 4.78 is 0. The van der Waals surface area contributed by atoms with Gasteiger partial charge in [-0.25, -0.2) is 0 Å². The highest BCUT2D eigenvalue weighted by Crippen LogP contribution is 2.57. The molecule has 0 heteroatoms. The molecule has 0 spiro atoms. The predicted octanol–water partition coefficient (Wildman–Crippen LogP) is 6.00. The molecule has 0 aromatic rings. The molecule has 0 aromatic carbocycles. The Morgan fingerprint density at radius 2 is 2.14 bits per heavy atom. The van der Waals surface area contributed by atoms with Crippen LogP contribution in [0.3, 0.4) is 0 Å². The molecule has 0 saturated heterocycles. The summed E-state index contributed by atoms with van der Waals surface area (Å²) in [5.41, 5.74) is 5.26. The fraction of sp³-hybridized carbons (Fsp3) is 0.524. The van der Waals surface area contributed by atoms with Crippen LogP contribution in [-0.2, 0) is 0 Å². The van der Waals surface area contributed by atoms with Gasteiger partial charge in [-0.05, 0) is 61.3 Å². The summed E-state index contributed by atoms with van der Waals surface area (Å²) in [4.78, 5) is 0. The summed E-state index contributed by atoms with van der Waals surface area (Å²) in [5, 5.41) is 0. The molecule has 0 fully saturated rings. The third-order valence-electron chi connectivity index (χ3n) is 6.03. The molecule has 0 heterocycles. The topological polar surface area (TPSA) is 0 Å². The lowest BCUT2D eigenvalue weighted by molar-refractivity contribution is 0.137. The predicted molar refractivity (Wildman–Crippen MR) is 92.0 cm³/mol. The van der Waals surface area contributed by atoms with E-state index in [4.69, 9.17) is 0 Å². The standard InChI is InChI=1S/C21H28/c1-5-6-9-19-16(3)18-14-15(2)11-12-17(18)20-10-7-8-13-21(19,20)4/h5-6,8-9,13-14,16,19-20H,1,7,10-12H2,2-4H3. The first-order valence-corrected chi connectivity index (χ1v) is 8.45. The van der Waals surface area contributed by atoms with E-state index in [9.17, 15) is 0 Å². The average Bonchev–Trinajstić information content (AvgIpc) is 2.47. The van der Waals surface area contributed by atoms with Gasteiger partial charge in [0.05, 0.1) is 0 Å². The summed E-state index contributed by atoms with van der Waals surface area (Å²) in [5.74, 6) is 1.92. The zero-order chi connectivity index (χ0) is 15.0. The molecule has 0 aliphatic heterocycles. The molecule has 3 aliphatic carbocycles. The van der Waals surface area contributed by atoms with Crippen molar-refractivity contribution in [3.8, 4) is 0 Å². The number of hydrogen-bond acceptors (Lipinski definition) is 0. The first-order chi connectivity index (χ1) is 10.1. The quantitative estimate of drug-likeness (QED) is 0.429. The highest BCUT2D eigenvalue weighted by Gasteiger charge is 2.48. The van der Waals surface area contributed by atoms with Crippen LogP contribution in [0.25, 0.3) is 0 Å². The van der Waals surface area contributed by atoms with E-state index in [0.29, 0.717) is 11.8 Å². The molecule has 0 nitrogen and oxygen atoms in total. The van der Waals surface area contributed by atoms with Crippen LogP contribution in [-0.4, -0.2) is 0 Å². The maximum Gasteiger partial charge on any atom is -0.00122 e. The fourth-order valence-corrected chi connectivity index (χ4v) is 4.93. The van der Waals surface area contributed by atoms with Crippen molar-refractivity contribution in [3.05, 3.63) is 59.8 Å². The second-order valence-corrected chi connectivity index (χ2v) is 7.30. The minimum absolute atomic E-state index is 0.287. The van der Waals surface area contributed by atoms with E-state index in [1.54, 1.807) is 16.7 Å². The summed E-state index contributed by atoms with van der Waals surface area (Å²) >= 11 is 0. The molecule has 0 saturated carbocycles. The molecule has 4 atom stereocenters. The van der Waals surface area contributed by atoms with Gasteiger partial charge in [-0.15, -0.1) is 0 Å². The van der Waals surface area contributed by atoms with Crippen LogP contribution >= 0.6 is 0 Å². The Morgan fingerprint density at radius 3 is 2.90 bits per heavy atom. The smallest absolute Gasteiger partial charge is 0.00122 e. The maximum atomic E-state index is 3.86. The maximum absolute atomic E-state index is 3.86. The molecule has 4 unspecified atom stereocenters. The van der Waals surface area contributed by atoms with Crippen LogP contribution < -0.4 is 0 Å². The van der Waals surface area contributed by atoms with Gasteiger partial charge in [-0.3, -0.25) is 0 Å². The SMILES string of the molecule is C=CC=CC1C(C)C2=C(CCC(C)=C2)C2CCC=CC21C. The van der Waals surface area contributed by atoms with Crippen molar-refractivity contribution in [1.82, 2.24) is 0 Å². The van der Waals surface area contributed by atoms with E-state index in [0.717, 1.165) is 5.92 Å². The van der Waals surface area contributed by atoms with Crippen molar-refractivity contribution >= 4 is 0 Å². The Morgan fingerprint density at radius 1 is 1.33 bits per heavy atom. The molecule has 3 aliphatic rings. The Bertz CT molecular complexity index is 555. The van der Waals surface area contributed by atoms with Crippen LogP contribution in [0.2, 0.25) is 0 Å². The van der Waals surface area contributed by atoms with Gasteiger partial charge in [-0.1, -0.05) is 68.0 Å². The van der Waals surface area contributed by atoms with Crippen molar-refractivity contribution in [2.45, 2.75) is 46.5 Å². The molecular weight excluding hydrogens is 252 g/mol. The van der Waals surface area contributed by atoms with E-state index in [-0.39, 0.29) is 5.41 Å². The lowest BCUT2D eigenvalue weighted by Crippen LogP contribution is -2.44. The van der Waals surface area contributed by atoms with Gasteiger partial charge >= 0.3 is 0 Å². The molecule has 0 aromatic heterocycles. The van der Waals surface area contributed by atoms with E-state index < -0.39 is 0 Å². The van der Waals surface area contributed by atoms with Gasteiger partial charge in [-0.2, -0.15) is 0 Å². The second kappa shape index (κ2) is 5.48. The number of allylic oxidation sites excluding steroid dienone is 9. The largest absolute Gasteiger partial charge is 0.0991 e. The molecule has 112 valence electrons. The lowest BCUT2D eigenvalue weighted by atomic mass is 9.52. The van der Waals surface area contributed by atoms with E-state index in [2.05, 4.69) is 57.7 Å². The summed E-state index contributed by atoms with van der Waals surface area (Å²) in [6.07, 6.45) is 19.0. The van der Waals surface area contributed by atoms with E-state index in [1.165, 1.54) is 25.7 Å². The van der Waals surface area contributed by atoms with Crippen LogP contribution in [0, 0.1) is 23.2 Å². The summed E-state index contributed by atoms with van der Waals surface area (Å²) in [6, 6.07) is 0. The van der Waals surface area contributed by atoms with Gasteiger partial charge in [0.2, 0.25) is 0 Å². The first-order valence-electron chi connectivity index (χ1n) is 8.45. The van der Waals surface area contributed by atoms with E-state index >= 15 is 0 Å². The molecule has 21 heavy (non-hydrogen) atoms. The van der Waals surface area contributed by atoms with Gasteiger partial charge < -0.3 is 0 Å². The second-order valence-electron chi connectivity index (χ2n) is 7.30. The number of rotatable bonds is 2. The van der Waals surface area contributed by atoms with Crippen molar-refractivity contribution in [2.24, 2.45) is 23.2 Å². The normalized spacial score (nSPS) is 39.0. The van der Waals surface area contributed by atoms with Crippen molar-refractivity contribution in [1.29, 1.82) is 0 Å². The van der Waals surface area contributed by atoms with Crippen molar-refractivity contribution in [2.75, 3.05) is 0 Å². The highest BCUT2D eigenvalue weighted by atomic mass is 14.5.